The van der Waals surface area contributed by atoms with Crippen molar-refractivity contribution in [3.63, 3.8) is 0 Å². The summed E-state index contributed by atoms with van der Waals surface area (Å²) in [5.41, 5.74) is 7.01. The third-order valence-electron chi connectivity index (χ3n) is 2.98. The Bertz CT molecular complexity index is 302. The summed E-state index contributed by atoms with van der Waals surface area (Å²) in [4.78, 5) is 2.10. The maximum absolute atomic E-state index is 6.18. The molecule has 1 aromatic heterocycles. The number of hydrogen-bond donors (Lipinski definition) is 1. The van der Waals surface area contributed by atoms with Crippen molar-refractivity contribution in [1.82, 2.24) is 19.9 Å². The Kier molecular flexibility index (Phi) is 2.92. The number of nitrogens with two attached hydrogens (primary N) is 1. The number of aryl methyl sites for hydroxylation is 1. The van der Waals surface area contributed by atoms with Gasteiger partial charge in [-0.15, -0.1) is 5.10 Å². The van der Waals surface area contributed by atoms with Gasteiger partial charge < -0.3 is 10.6 Å². The van der Waals surface area contributed by atoms with Crippen LogP contribution in [0.1, 0.15) is 25.6 Å². The number of hydrogen-bond acceptors (Lipinski definition) is 4. The van der Waals surface area contributed by atoms with Gasteiger partial charge in [-0.3, -0.25) is 4.68 Å². The largest absolute Gasteiger partial charge is 0.321 e. The third-order valence-corrected chi connectivity index (χ3v) is 2.98. The van der Waals surface area contributed by atoms with Gasteiger partial charge in [0.15, 0.2) is 0 Å². The molecule has 0 aromatic carbocycles. The van der Waals surface area contributed by atoms with Crippen LogP contribution in [0.5, 0.6) is 0 Å². The van der Waals surface area contributed by atoms with Gasteiger partial charge in [0, 0.05) is 12.6 Å². The summed E-state index contributed by atoms with van der Waals surface area (Å²) >= 11 is 0. The van der Waals surface area contributed by atoms with Crippen molar-refractivity contribution >= 4 is 0 Å². The molecule has 1 aromatic rings. The van der Waals surface area contributed by atoms with E-state index in [0.29, 0.717) is 0 Å². The van der Waals surface area contributed by atoms with Crippen molar-refractivity contribution in [1.29, 1.82) is 0 Å². The zero-order valence-electron chi connectivity index (χ0n) is 9.52. The fraction of sp³-hybridized carbons (Fsp3) is 0.778. The lowest BCUT2D eigenvalue weighted by Crippen LogP contribution is -2.48. The Labute approximate surface area is 84.9 Å². The van der Waals surface area contributed by atoms with Crippen molar-refractivity contribution < 1.29 is 0 Å². The third kappa shape index (κ3) is 1.78. The fourth-order valence-electron chi connectivity index (χ4n) is 1.22. The lowest BCUT2D eigenvalue weighted by molar-refractivity contribution is 0.155. The zero-order valence-corrected chi connectivity index (χ0v) is 9.52. The maximum Gasteiger partial charge on any atom is 0.0769 e. The van der Waals surface area contributed by atoms with E-state index >= 15 is 0 Å². The summed E-state index contributed by atoms with van der Waals surface area (Å²) in [5.74, 6) is 0. The van der Waals surface area contributed by atoms with Crippen LogP contribution in [0.25, 0.3) is 0 Å². The molecule has 0 aliphatic rings. The fourth-order valence-corrected chi connectivity index (χ4v) is 1.22. The molecule has 1 unspecified atom stereocenters. The molecule has 0 spiro atoms. The van der Waals surface area contributed by atoms with Gasteiger partial charge in [-0.2, -0.15) is 0 Å². The Balaban J connectivity index is 2.96. The van der Waals surface area contributed by atoms with Crippen LogP contribution < -0.4 is 5.73 Å². The van der Waals surface area contributed by atoms with E-state index in [-0.39, 0.29) is 11.6 Å². The van der Waals surface area contributed by atoms with E-state index in [2.05, 4.69) is 29.1 Å². The van der Waals surface area contributed by atoms with Gasteiger partial charge in [0.25, 0.3) is 0 Å². The maximum atomic E-state index is 6.18. The Hall–Kier alpha value is -0.940. The predicted molar refractivity (Wildman–Crippen MR) is 55.7 cm³/mol. The molecular weight excluding hydrogens is 178 g/mol. The summed E-state index contributed by atoms with van der Waals surface area (Å²) in [5, 5.41) is 7.71. The van der Waals surface area contributed by atoms with Crippen LogP contribution in [0.4, 0.5) is 0 Å². The minimum Gasteiger partial charge on any atom is -0.321 e. The summed E-state index contributed by atoms with van der Waals surface area (Å²) in [6, 6.07) is -0.0995. The Morgan fingerprint density at radius 1 is 1.50 bits per heavy atom. The highest BCUT2D eigenvalue weighted by atomic mass is 15.4. The van der Waals surface area contributed by atoms with Crippen LogP contribution in [0, 0.1) is 0 Å². The highest BCUT2D eigenvalue weighted by molar-refractivity contribution is 5.08. The standard InChI is InChI=1S/C9H19N5/c1-9(2,13(3)4)8(10)7-6-11-12-14(7)5/h6,8H,10H2,1-5H3. The number of likely N-dealkylation sites (N-methyl/N-ethyl adjacent to an activating group) is 1. The van der Waals surface area contributed by atoms with E-state index < -0.39 is 0 Å². The summed E-state index contributed by atoms with van der Waals surface area (Å²) in [7, 11) is 5.89. The molecule has 14 heavy (non-hydrogen) atoms. The highest BCUT2D eigenvalue weighted by Gasteiger charge is 2.31. The van der Waals surface area contributed by atoms with E-state index in [1.807, 2.05) is 21.1 Å². The van der Waals surface area contributed by atoms with Crippen LogP contribution in [0.3, 0.4) is 0 Å². The molecule has 0 aliphatic carbocycles. The lowest BCUT2D eigenvalue weighted by Gasteiger charge is -2.37. The van der Waals surface area contributed by atoms with E-state index in [0.717, 1.165) is 5.69 Å². The van der Waals surface area contributed by atoms with Gasteiger partial charge in [0.1, 0.15) is 0 Å². The van der Waals surface area contributed by atoms with Gasteiger partial charge >= 0.3 is 0 Å². The SMILES string of the molecule is CN(C)C(C)(C)C(N)c1cnnn1C. The quantitative estimate of drug-likeness (QED) is 0.749. The van der Waals surface area contributed by atoms with Crippen LogP contribution in [0.15, 0.2) is 6.20 Å². The van der Waals surface area contributed by atoms with Gasteiger partial charge in [-0.25, -0.2) is 0 Å². The van der Waals surface area contributed by atoms with Crippen LogP contribution in [-0.4, -0.2) is 39.5 Å². The molecule has 0 amide bonds. The normalized spacial score (nSPS) is 14.8. The molecule has 80 valence electrons. The first-order valence-corrected chi connectivity index (χ1v) is 4.65. The molecule has 1 atom stereocenters. The minimum absolute atomic E-state index is 0.0995. The highest BCUT2D eigenvalue weighted by Crippen LogP contribution is 2.25. The molecule has 0 saturated carbocycles. The molecule has 0 fully saturated rings. The van der Waals surface area contributed by atoms with Crippen molar-refractivity contribution in [3.8, 4) is 0 Å². The molecular formula is C9H19N5. The van der Waals surface area contributed by atoms with Gasteiger partial charge in [-0.05, 0) is 27.9 Å². The van der Waals surface area contributed by atoms with Crippen LogP contribution in [0.2, 0.25) is 0 Å². The molecule has 0 saturated heterocycles. The predicted octanol–water partition coefficient (Wildman–Crippen LogP) is 0.155. The summed E-state index contributed by atoms with van der Waals surface area (Å²) < 4.78 is 1.72. The van der Waals surface area contributed by atoms with Gasteiger partial charge in [0.05, 0.1) is 17.9 Å². The molecule has 1 heterocycles. The van der Waals surface area contributed by atoms with Gasteiger partial charge in [0.2, 0.25) is 0 Å². The number of rotatable bonds is 3. The van der Waals surface area contributed by atoms with Crippen molar-refractivity contribution in [2.24, 2.45) is 12.8 Å². The number of nitrogens with zero attached hydrogens (tertiary/aromatic N) is 4. The second-order valence-electron chi connectivity index (χ2n) is 4.31. The second kappa shape index (κ2) is 3.67. The van der Waals surface area contributed by atoms with Crippen LogP contribution >= 0.6 is 0 Å². The summed E-state index contributed by atoms with van der Waals surface area (Å²) in [6.07, 6.45) is 1.72. The van der Waals surface area contributed by atoms with Gasteiger partial charge in [-0.1, -0.05) is 5.21 Å². The Morgan fingerprint density at radius 2 is 2.07 bits per heavy atom. The first kappa shape index (κ1) is 11.1. The Morgan fingerprint density at radius 3 is 2.43 bits per heavy atom. The van der Waals surface area contributed by atoms with E-state index in [1.54, 1.807) is 10.9 Å². The average Bonchev–Trinajstić information content (AvgIpc) is 2.49. The topological polar surface area (TPSA) is 60.0 Å². The van der Waals surface area contributed by atoms with Crippen molar-refractivity contribution in [2.45, 2.75) is 25.4 Å². The van der Waals surface area contributed by atoms with Crippen LogP contribution in [-0.2, 0) is 7.05 Å². The number of aromatic nitrogens is 3. The monoisotopic (exact) mass is 197 g/mol. The first-order chi connectivity index (χ1) is 6.37. The van der Waals surface area contributed by atoms with E-state index in [1.165, 1.54) is 0 Å². The lowest BCUT2D eigenvalue weighted by atomic mass is 9.92. The zero-order chi connectivity index (χ0) is 10.9. The average molecular weight is 197 g/mol. The van der Waals surface area contributed by atoms with E-state index in [9.17, 15) is 0 Å². The van der Waals surface area contributed by atoms with Crippen molar-refractivity contribution in [2.75, 3.05) is 14.1 Å². The molecule has 5 heteroatoms. The minimum atomic E-state index is -0.116. The molecule has 0 radical (unpaired) electrons. The summed E-state index contributed by atoms with van der Waals surface area (Å²) in [6.45, 7) is 4.20. The smallest absolute Gasteiger partial charge is 0.0769 e. The second-order valence-corrected chi connectivity index (χ2v) is 4.31. The van der Waals surface area contributed by atoms with Crippen molar-refractivity contribution in [3.05, 3.63) is 11.9 Å². The molecule has 2 N–H and O–H groups in total. The molecule has 0 bridgehead atoms. The van der Waals surface area contributed by atoms with E-state index in [4.69, 9.17) is 5.73 Å². The molecule has 0 aliphatic heterocycles. The molecule has 1 rings (SSSR count). The first-order valence-electron chi connectivity index (χ1n) is 4.65. The molecule has 5 nitrogen and oxygen atoms in total.